The molecule has 11 heavy (non-hydrogen) atoms. The Bertz CT molecular complexity index is 218. The topological polar surface area (TPSA) is 12.9 Å². The van der Waals surface area contributed by atoms with Gasteiger partial charge in [0.25, 0.3) is 0 Å². The monoisotopic (exact) mass is 277 g/mol. The van der Waals surface area contributed by atoms with Crippen molar-refractivity contribution in [1.29, 1.82) is 0 Å². The van der Waals surface area contributed by atoms with E-state index in [9.17, 15) is 0 Å². The molecule has 0 aliphatic heterocycles. The van der Waals surface area contributed by atoms with Gasteiger partial charge in [0.05, 0.1) is 3.74 Å². The van der Waals surface area contributed by atoms with Gasteiger partial charge in [-0.05, 0) is 25.0 Å². The van der Waals surface area contributed by atoms with Crippen LogP contribution >= 0.6 is 31.9 Å². The molecule has 0 fully saturated rings. The van der Waals surface area contributed by atoms with Crippen LogP contribution in [0.15, 0.2) is 18.3 Å². The molecule has 0 radical (unpaired) electrons. The van der Waals surface area contributed by atoms with E-state index in [0.29, 0.717) is 3.74 Å². The molecule has 0 bridgehead atoms. The highest BCUT2D eigenvalue weighted by Gasteiger charge is 1.99. The van der Waals surface area contributed by atoms with E-state index in [2.05, 4.69) is 42.9 Å². The van der Waals surface area contributed by atoms with Crippen LogP contribution in [0.2, 0.25) is 0 Å². The molecule has 1 aromatic heterocycles. The van der Waals surface area contributed by atoms with E-state index in [1.165, 1.54) is 5.56 Å². The standard InChI is InChI=1S/C8H9Br2N/c1-6-2-3-7(5-11-6)4-8(9)10/h2-3,5,8H,4H2,1H3. The molecule has 0 aliphatic carbocycles. The van der Waals surface area contributed by atoms with Crippen LogP contribution in [0.5, 0.6) is 0 Å². The molecule has 1 rings (SSSR count). The Hall–Kier alpha value is 0.110. The van der Waals surface area contributed by atoms with E-state index in [1.54, 1.807) is 0 Å². The van der Waals surface area contributed by atoms with Crippen LogP contribution in [0.3, 0.4) is 0 Å². The van der Waals surface area contributed by atoms with Crippen molar-refractivity contribution in [1.82, 2.24) is 4.98 Å². The van der Waals surface area contributed by atoms with Crippen LogP contribution in [0.25, 0.3) is 0 Å². The summed E-state index contributed by atoms with van der Waals surface area (Å²) >= 11 is 6.84. The van der Waals surface area contributed by atoms with Crippen LogP contribution in [0.1, 0.15) is 11.3 Å². The van der Waals surface area contributed by atoms with Gasteiger partial charge in [-0.2, -0.15) is 0 Å². The summed E-state index contributed by atoms with van der Waals surface area (Å²) in [5.74, 6) is 0. The summed E-state index contributed by atoms with van der Waals surface area (Å²) in [6.45, 7) is 1.99. The third kappa shape index (κ3) is 3.34. The predicted octanol–water partition coefficient (Wildman–Crippen LogP) is 3.05. The van der Waals surface area contributed by atoms with Crippen molar-refractivity contribution in [3.05, 3.63) is 29.6 Å². The lowest BCUT2D eigenvalue weighted by atomic mass is 10.2. The minimum absolute atomic E-state index is 0.347. The summed E-state index contributed by atoms with van der Waals surface area (Å²) in [4.78, 5) is 4.19. The highest BCUT2D eigenvalue weighted by molar-refractivity contribution is 9.24. The molecular formula is C8H9Br2N. The molecule has 0 saturated heterocycles. The molecule has 0 unspecified atom stereocenters. The SMILES string of the molecule is Cc1ccc(CC(Br)Br)cn1. The number of alkyl halides is 2. The van der Waals surface area contributed by atoms with Crippen molar-refractivity contribution in [2.45, 2.75) is 17.1 Å². The maximum atomic E-state index is 4.19. The number of aromatic nitrogens is 1. The summed E-state index contributed by atoms with van der Waals surface area (Å²) in [6, 6.07) is 4.12. The summed E-state index contributed by atoms with van der Waals surface area (Å²) < 4.78 is 0.347. The van der Waals surface area contributed by atoms with Gasteiger partial charge in [0.1, 0.15) is 0 Å². The Labute approximate surface area is 83.5 Å². The molecule has 3 heteroatoms. The summed E-state index contributed by atoms with van der Waals surface area (Å²) in [7, 11) is 0. The number of aryl methyl sites for hydroxylation is 1. The summed E-state index contributed by atoms with van der Waals surface area (Å²) in [5.41, 5.74) is 2.31. The third-order valence-electron chi connectivity index (χ3n) is 1.36. The van der Waals surface area contributed by atoms with Crippen LogP contribution in [-0.2, 0) is 6.42 Å². The lowest BCUT2D eigenvalue weighted by Gasteiger charge is -2.00. The van der Waals surface area contributed by atoms with E-state index < -0.39 is 0 Å². The van der Waals surface area contributed by atoms with E-state index in [1.807, 2.05) is 19.2 Å². The van der Waals surface area contributed by atoms with Gasteiger partial charge in [-0.3, -0.25) is 4.98 Å². The van der Waals surface area contributed by atoms with Crippen molar-refractivity contribution in [3.63, 3.8) is 0 Å². The van der Waals surface area contributed by atoms with Crippen molar-refractivity contribution in [2.75, 3.05) is 0 Å². The Morgan fingerprint density at radius 3 is 2.64 bits per heavy atom. The zero-order valence-electron chi connectivity index (χ0n) is 6.22. The fraction of sp³-hybridized carbons (Fsp3) is 0.375. The number of nitrogens with zero attached hydrogens (tertiary/aromatic N) is 1. The molecular weight excluding hydrogens is 270 g/mol. The van der Waals surface area contributed by atoms with Crippen molar-refractivity contribution in [2.24, 2.45) is 0 Å². The normalized spacial score (nSPS) is 10.5. The molecule has 1 aromatic rings. The quantitative estimate of drug-likeness (QED) is 0.758. The third-order valence-corrected chi connectivity index (χ3v) is 2.01. The predicted molar refractivity (Wildman–Crippen MR) is 54.3 cm³/mol. The average molecular weight is 279 g/mol. The van der Waals surface area contributed by atoms with Gasteiger partial charge in [0, 0.05) is 11.9 Å². The second-order valence-corrected chi connectivity index (χ2v) is 5.84. The number of halogens is 2. The lowest BCUT2D eigenvalue weighted by molar-refractivity contribution is 1.07. The molecule has 0 atom stereocenters. The van der Waals surface area contributed by atoms with E-state index in [-0.39, 0.29) is 0 Å². The Balaban J connectivity index is 2.66. The minimum atomic E-state index is 0.347. The fourth-order valence-corrected chi connectivity index (χ4v) is 1.55. The van der Waals surface area contributed by atoms with Gasteiger partial charge in [0.15, 0.2) is 0 Å². The molecule has 1 nitrogen and oxygen atoms in total. The zero-order valence-corrected chi connectivity index (χ0v) is 9.39. The second kappa shape index (κ2) is 4.21. The molecule has 0 amide bonds. The Morgan fingerprint density at radius 1 is 1.45 bits per heavy atom. The van der Waals surface area contributed by atoms with Gasteiger partial charge in [-0.1, -0.05) is 37.9 Å². The van der Waals surface area contributed by atoms with Crippen LogP contribution in [0.4, 0.5) is 0 Å². The Kier molecular flexibility index (Phi) is 3.52. The Morgan fingerprint density at radius 2 is 2.18 bits per heavy atom. The highest BCUT2D eigenvalue weighted by Crippen LogP contribution is 2.14. The maximum absolute atomic E-state index is 4.19. The minimum Gasteiger partial charge on any atom is -0.261 e. The summed E-state index contributed by atoms with van der Waals surface area (Å²) in [5, 5.41) is 0. The summed E-state index contributed by atoms with van der Waals surface area (Å²) in [6.07, 6.45) is 2.87. The first kappa shape index (κ1) is 9.20. The molecule has 0 N–H and O–H groups in total. The van der Waals surface area contributed by atoms with Gasteiger partial charge in [-0.25, -0.2) is 0 Å². The zero-order chi connectivity index (χ0) is 8.27. The first-order chi connectivity index (χ1) is 5.18. The number of rotatable bonds is 2. The first-order valence-corrected chi connectivity index (χ1v) is 5.21. The van der Waals surface area contributed by atoms with Crippen molar-refractivity contribution >= 4 is 31.9 Å². The van der Waals surface area contributed by atoms with Gasteiger partial charge < -0.3 is 0 Å². The molecule has 0 saturated carbocycles. The maximum Gasteiger partial charge on any atom is 0.0738 e. The molecule has 60 valence electrons. The van der Waals surface area contributed by atoms with Gasteiger partial charge in [-0.15, -0.1) is 0 Å². The van der Waals surface area contributed by atoms with Crippen molar-refractivity contribution in [3.8, 4) is 0 Å². The van der Waals surface area contributed by atoms with Crippen LogP contribution < -0.4 is 0 Å². The molecule has 1 heterocycles. The smallest absolute Gasteiger partial charge is 0.0738 e. The first-order valence-electron chi connectivity index (χ1n) is 3.38. The van der Waals surface area contributed by atoms with Crippen LogP contribution in [-0.4, -0.2) is 8.72 Å². The highest BCUT2D eigenvalue weighted by atomic mass is 79.9. The molecule has 0 spiro atoms. The second-order valence-electron chi connectivity index (χ2n) is 2.40. The van der Waals surface area contributed by atoms with Crippen LogP contribution in [0, 0.1) is 6.92 Å². The lowest BCUT2D eigenvalue weighted by Crippen LogP contribution is -1.93. The van der Waals surface area contributed by atoms with Crippen molar-refractivity contribution < 1.29 is 0 Å². The number of hydrogen-bond acceptors (Lipinski definition) is 1. The molecule has 0 aromatic carbocycles. The fourth-order valence-electron chi connectivity index (χ4n) is 0.797. The number of hydrogen-bond donors (Lipinski definition) is 0. The largest absolute Gasteiger partial charge is 0.261 e. The van der Waals surface area contributed by atoms with E-state index >= 15 is 0 Å². The van der Waals surface area contributed by atoms with E-state index in [0.717, 1.165) is 12.1 Å². The van der Waals surface area contributed by atoms with Gasteiger partial charge in [0.2, 0.25) is 0 Å². The average Bonchev–Trinajstić information content (AvgIpc) is 1.93. The van der Waals surface area contributed by atoms with Gasteiger partial charge >= 0.3 is 0 Å². The van der Waals surface area contributed by atoms with E-state index in [4.69, 9.17) is 0 Å². The number of pyridine rings is 1. The molecule has 0 aliphatic rings.